The molecule has 10 heteroatoms. The van der Waals surface area contributed by atoms with Crippen LogP contribution >= 0.6 is 34.5 Å². The molecule has 1 heterocycles. The predicted octanol–water partition coefficient (Wildman–Crippen LogP) is 3.62. The molecule has 3 rings (SSSR count). The van der Waals surface area contributed by atoms with Crippen molar-refractivity contribution in [2.75, 3.05) is 6.54 Å². The Labute approximate surface area is 163 Å². The van der Waals surface area contributed by atoms with Crippen molar-refractivity contribution in [2.24, 2.45) is 0 Å². The van der Waals surface area contributed by atoms with E-state index < -0.39 is 22.5 Å². The molecule has 0 fully saturated rings. The fraction of sp³-hybridized carbons (Fsp3) is 0.125. The van der Waals surface area contributed by atoms with Crippen molar-refractivity contribution in [3.8, 4) is 0 Å². The lowest BCUT2D eigenvalue weighted by molar-refractivity contribution is -0.143. The van der Waals surface area contributed by atoms with Gasteiger partial charge in [-0.1, -0.05) is 35.3 Å². The number of nitrogens with one attached hydrogen (secondary N) is 1. The molecule has 0 aliphatic heterocycles. The molecule has 0 saturated heterocycles. The number of fused-ring (bicyclic) bond motifs is 1. The van der Waals surface area contributed by atoms with E-state index >= 15 is 0 Å². The Morgan fingerprint density at radius 1 is 1.15 bits per heavy atom. The van der Waals surface area contributed by atoms with E-state index in [-0.39, 0.29) is 21.5 Å². The third-order valence-electron chi connectivity index (χ3n) is 3.30. The highest BCUT2D eigenvalue weighted by Crippen LogP contribution is 2.25. The number of halogens is 2. The Balaban J connectivity index is 1.56. The maximum atomic E-state index is 12.2. The normalized spacial score (nSPS) is 11.6. The van der Waals surface area contributed by atoms with Gasteiger partial charge in [0.05, 0.1) is 25.2 Å². The van der Waals surface area contributed by atoms with Crippen LogP contribution in [0.2, 0.25) is 10.0 Å². The van der Waals surface area contributed by atoms with Crippen LogP contribution in [0.4, 0.5) is 0 Å². The largest absolute Gasteiger partial charge is 0.457 e. The highest BCUT2D eigenvalue weighted by Gasteiger charge is 2.17. The monoisotopic (exact) mass is 430 g/mol. The number of para-hydroxylation sites is 1. The van der Waals surface area contributed by atoms with Crippen molar-refractivity contribution >= 4 is 60.7 Å². The molecular weight excluding hydrogens is 419 g/mol. The second-order valence-corrected chi connectivity index (χ2v) is 8.83. The smallest absolute Gasteiger partial charge is 0.321 e. The summed E-state index contributed by atoms with van der Waals surface area (Å²) < 4.78 is 32.5. The molecular formula is C16H12Cl2N2O4S2. The molecule has 0 aliphatic carbocycles. The van der Waals surface area contributed by atoms with Gasteiger partial charge in [-0.2, -0.15) is 4.72 Å². The van der Waals surface area contributed by atoms with Gasteiger partial charge in [-0.05, 0) is 30.3 Å². The van der Waals surface area contributed by atoms with Gasteiger partial charge in [0.2, 0.25) is 10.0 Å². The average Bonchev–Trinajstić information content (AvgIpc) is 3.03. The van der Waals surface area contributed by atoms with Gasteiger partial charge in [0, 0.05) is 0 Å². The molecule has 0 aliphatic rings. The zero-order chi connectivity index (χ0) is 18.7. The fourth-order valence-electron chi connectivity index (χ4n) is 2.06. The van der Waals surface area contributed by atoms with Gasteiger partial charge in [-0.3, -0.25) is 4.79 Å². The van der Waals surface area contributed by atoms with Crippen molar-refractivity contribution in [1.29, 1.82) is 0 Å². The molecule has 0 unspecified atom stereocenters. The van der Waals surface area contributed by atoms with E-state index in [9.17, 15) is 13.2 Å². The molecule has 0 spiro atoms. The van der Waals surface area contributed by atoms with Gasteiger partial charge in [-0.25, -0.2) is 13.4 Å². The molecule has 3 aromatic rings. The number of aromatic nitrogens is 1. The van der Waals surface area contributed by atoms with Crippen LogP contribution in [0.5, 0.6) is 0 Å². The van der Waals surface area contributed by atoms with E-state index in [1.807, 2.05) is 24.3 Å². The van der Waals surface area contributed by atoms with Gasteiger partial charge < -0.3 is 4.74 Å². The molecule has 0 atom stereocenters. The second-order valence-electron chi connectivity index (χ2n) is 5.14. The molecule has 26 heavy (non-hydrogen) atoms. The standard InChI is InChI=1S/C16H12Cl2N2O4S2/c17-11-6-5-10(7-12(11)18)26(22,23)19-8-16(21)24-9-15-20-13-3-1-2-4-14(13)25-15/h1-7,19H,8-9H2. The maximum absolute atomic E-state index is 12.2. The lowest BCUT2D eigenvalue weighted by Crippen LogP contribution is -2.30. The molecule has 0 amide bonds. The van der Waals surface area contributed by atoms with E-state index in [1.54, 1.807) is 0 Å². The number of hydrogen-bond donors (Lipinski definition) is 1. The molecule has 6 nitrogen and oxygen atoms in total. The Hall–Kier alpha value is -1.71. The van der Waals surface area contributed by atoms with Gasteiger partial charge >= 0.3 is 5.97 Å². The summed E-state index contributed by atoms with van der Waals surface area (Å²) in [4.78, 5) is 16.1. The topological polar surface area (TPSA) is 85.4 Å². The van der Waals surface area contributed by atoms with Gasteiger partial charge in [0.25, 0.3) is 0 Å². The molecule has 0 radical (unpaired) electrons. The number of ether oxygens (including phenoxy) is 1. The van der Waals surface area contributed by atoms with E-state index in [0.717, 1.165) is 10.2 Å². The molecule has 0 saturated carbocycles. The Morgan fingerprint density at radius 2 is 1.92 bits per heavy atom. The first-order chi connectivity index (χ1) is 12.3. The fourth-order valence-corrected chi connectivity index (χ4v) is 4.29. The van der Waals surface area contributed by atoms with Crippen LogP contribution in [-0.2, 0) is 26.2 Å². The summed E-state index contributed by atoms with van der Waals surface area (Å²) in [5.74, 6) is -0.715. The van der Waals surface area contributed by atoms with Crippen LogP contribution in [0.15, 0.2) is 47.4 Å². The van der Waals surface area contributed by atoms with Gasteiger partial charge in [0.15, 0.2) is 0 Å². The van der Waals surface area contributed by atoms with Gasteiger partial charge in [-0.15, -0.1) is 11.3 Å². The van der Waals surface area contributed by atoms with Gasteiger partial charge in [0.1, 0.15) is 18.2 Å². The number of carbonyl (C=O) groups excluding carboxylic acids is 1. The van der Waals surface area contributed by atoms with Crippen LogP contribution < -0.4 is 4.72 Å². The Bertz CT molecular complexity index is 1030. The number of rotatable bonds is 6. The van der Waals surface area contributed by atoms with Crippen molar-refractivity contribution in [2.45, 2.75) is 11.5 Å². The predicted molar refractivity (Wildman–Crippen MR) is 101 cm³/mol. The summed E-state index contributed by atoms with van der Waals surface area (Å²) in [5, 5.41) is 0.973. The second kappa shape index (κ2) is 7.89. The lowest BCUT2D eigenvalue weighted by Gasteiger charge is -2.07. The number of benzene rings is 2. The first-order valence-electron chi connectivity index (χ1n) is 7.30. The summed E-state index contributed by atoms with van der Waals surface area (Å²) in [6.45, 7) is -0.528. The molecule has 0 bridgehead atoms. The quantitative estimate of drug-likeness (QED) is 0.603. The number of nitrogens with zero attached hydrogens (tertiary/aromatic N) is 1. The van der Waals surface area contributed by atoms with Crippen LogP contribution in [0.25, 0.3) is 10.2 Å². The van der Waals surface area contributed by atoms with Crippen molar-refractivity contribution in [1.82, 2.24) is 9.71 Å². The van der Waals surface area contributed by atoms with E-state index in [0.29, 0.717) is 5.01 Å². The molecule has 1 N–H and O–H groups in total. The molecule has 2 aromatic carbocycles. The zero-order valence-corrected chi connectivity index (χ0v) is 16.3. The number of sulfonamides is 1. The SMILES string of the molecule is O=C(CNS(=O)(=O)c1ccc(Cl)c(Cl)c1)OCc1nc2ccccc2s1. The minimum atomic E-state index is -3.91. The summed E-state index contributed by atoms with van der Waals surface area (Å²) in [6, 6.07) is 11.4. The highest BCUT2D eigenvalue weighted by molar-refractivity contribution is 7.89. The van der Waals surface area contributed by atoms with Crippen molar-refractivity contribution in [3.05, 3.63) is 57.5 Å². The van der Waals surface area contributed by atoms with E-state index in [4.69, 9.17) is 27.9 Å². The van der Waals surface area contributed by atoms with Crippen LogP contribution in [0.1, 0.15) is 5.01 Å². The van der Waals surface area contributed by atoms with Crippen LogP contribution in [-0.4, -0.2) is 25.9 Å². The van der Waals surface area contributed by atoms with E-state index in [1.165, 1.54) is 29.5 Å². The highest BCUT2D eigenvalue weighted by atomic mass is 35.5. The number of thiazole rings is 1. The van der Waals surface area contributed by atoms with Crippen LogP contribution in [0.3, 0.4) is 0 Å². The zero-order valence-electron chi connectivity index (χ0n) is 13.1. The summed E-state index contributed by atoms with van der Waals surface area (Å²) in [5.41, 5.74) is 0.823. The third-order valence-corrected chi connectivity index (χ3v) is 6.45. The third kappa shape index (κ3) is 4.52. The van der Waals surface area contributed by atoms with Crippen molar-refractivity contribution < 1.29 is 17.9 Å². The lowest BCUT2D eigenvalue weighted by atomic mass is 10.3. The molecule has 1 aromatic heterocycles. The number of carbonyl (C=O) groups is 1. The van der Waals surface area contributed by atoms with Crippen molar-refractivity contribution in [3.63, 3.8) is 0 Å². The maximum Gasteiger partial charge on any atom is 0.321 e. The average molecular weight is 431 g/mol. The molecule has 136 valence electrons. The minimum Gasteiger partial charge on any atom is -0.457 e. The number of hydrogen-bond acceptors (Lipinski definition) is 6. The Morgan fingerprint density at radius 3 is 2.65 bits per heavy atom. The summed E-state index contributed by atoms with van der Waals surface area (Å²) >= 11 is 13.0. The first kappa shape index (κ1) is 19.1. The summed E-state index contributed by atoms with van der Waals surface area (Å²) in [6.07, 6.45) is 0. The number of esters is 1. The summed E-state index contributed by atoms with van der Waals surface area (Å²) in [7, 11) is -3.91. The van der Waals surface area contributed by atoms with E-state index in [2.05, 4.69) is 9.71 Å². The van der Waals surface area contributed by atoms with Crippen LogP contribution in [0, 0.1) is 0 Å². The Kier molecular flexibility index (Phi) is 5.79. The first-order valence-corrected chi connectivity index (χ1v) is 10.4. The minimum absolute atomic E-state index is 0.0212.